The highest BCUT2D eigenvalue weighted by atomic mass is 16.5. The van der Waals surface area contributed by atoms with Crippen LogP contribution in [0.15, 0.2) is 24.3 Å². The van der Waals surface area contributed by atoms with Crippen molar-refractivity contribution in [2.75, 3.05) is 41.0 Å². The van der Waals surface area contributed by atoms with Gasteiger partial charge in [-0.1, -0.05) is 18.2 Å². The number of ether oxygens (including phenoxy) is 2. The van der Waals surface area contributed by atoms with E-state index in [1.54, 1.807) is 24.0 Å². The zero-order valence-electron chi connectivity index (χ0n) is 15.0. The van der Waals surface area contributed by atoms with Gasteiger partial charge < -0.3 is 19.5 Å². The number of carbonyl (C=O) groups excluding carboxylic acids is 1. The summed E-state index contributed by atoms with van der Waals surface area (Å²) >= 11 is 0. The molecule has 25 heavy (non-hydrogen) atoms. The molecule has 0 radical (unpaired) electrons. The molecule has 1 aliphatic heterocycles. The van der Waals surface area contributed by atoms with E-state index in [0.717, 1.165) is 17.7 Å². The Labute approximate surface area is 148 Å². The monoisotopic (exact) mass is 350 g/mol. The maximum absolute atomic E-state index is 12.6. The largest absolute Gasteiger partial charge is 0.496 e. The minimum Gasteiger partial charge on any atom is -0.496 e. The van der Waals surface area contributed by atoms with Crippen LogP contribution in [0, 0.1) is 0 Å². The fraction of sp³-hybridized carbons (Fsp3) is 0.556. The Bertz CT molecular complexity index is 621. The van der Waals surface area contributed by atoms with Crippen molar-refractivity contribution in [3.63, 3.8) is 0 Å². The Morgan fingerprint density at radius 2 is 2.04 bits per heavy atom. The molecule has 0 saturated carbocycles. The van der Waals surface area contributed by atoms with Gasteiger partial charge in [-0.2, -0.15) is 0 Å². The maximum atomic E-state index is 12.6. The molecule has 1 fully saturated rings. The minimum absolute atomic E-state index is 0.0569. The average Bonchev–Trinajstić information content (AvgIpc) is 2.99. The molecule has 1 saturated heterocycles. The van der Waals surface area contributed by atoms with Crippen molar-refractivity contribution >= 4 is 11.9 Å². The van der Waals surface area contributed by atoms with E-state index < -0.39 is 11.5 Å². The molecule has 0 bridgehead atoms. The number of aliphatic carboxylic acids is 1. The highest BCUT2D eigenvalue weighted by Crippen LogP contribution is 2.30. The number of carbonyl (C=O) groups is 2. The van der Waals surface area contributed by atoms with E-state index in [2.05, 4.69) is 0 Å². The topological polar surface area (TPSA) is 79.3 Å². The van der Waals surface area contributed by atoms with E-state index in [4.69, 9.17) is 9.47 Å². The number of hydrogen-bond donors (Lipinski definition) is 1. The number of methoxy groups -OCH3 is 2. The lowest BCUT2D eigenvalue weighted by atomic mass is 9.97. The van der Waals surface area contributed by atoms with Crippen LogP contribution in [0.4, 0.5) is 0 Å². The number of hydrogen-bond acceptors (Lipinski definition) is 5. The van der Waals surface area contributed by atoms with Crippen molar-refractivity contribution < 1.29 is 24.2 Å². The van der Waals surface area contributed by atoms with Gasteiger partial charge in [-0.25, -0.2) is 0 Å². The van der Waals surface area contributed by atoms with E-state index in [0.29, 0.717) is 19.5 Å². The van der Waals surface area contributed by atoms with E-state index in [9.17, 15) is 14.7 Å². The highest BCUT2D eigenvalue weighted by molar-refractivity contribution is 5.83. The molecule has 0 aliphatic carbocycles. The second-order valence-corrected chi connectivity index (χ2v) is 6.36. The van der Waals surface area contributed by atoms with Crippen molar-refractivity contribution in [1.29, 1.82) is 0 Å². The van der Waals surface area contributed by atoms with Gasteiger partial charge >= 0.3 is 5.97 Å². The molecular formula is C18H26N2O5. The van der Waals surface area contributed by atoms with Crippen LogP contribution < -0.4 is 4.74 Å². The normalized spacial score (nSPS) is 20.4. The van der Waals surface area contributed by atoms with Crippen molar-refractivity contribution in [3.8, 4) is 5.75 Å². The van der Waals surface area contributed by atoms with E-state index >= 15 is 0 Å². The third-order valence-electron chi connectivity index (χ3n) is 4.76. The van der Waals surface area contributed by atoms with Gasteiger partial charge in [0.05, 0.1) is 20.3 Å². The van der Waals surface area contributed by atoms with Crippen LogP contribution in [-0.4, -0.2) is 73.3 Å². The lowest BCUT2D eigenvalue weighted by molar-refractivity contribution is -0.154. The zero-order chi connectivity index (χ0) is 18.4. The van der Waals surface area contributed by atoms with Crippen LogP contribution in [0.5, 0.6) is 5.75 Å². The lowest BCUT2D eigenvalue weighted by Gasteiger charge is -2.34. The van der Waals surface area contributed by atoms with Crippen molar-refractivity contribution in [2.24, 2.45) is 0 Å². The first-order valence-electron chi connectivity index (χ1n) is 8.28. The summed E-state index contributed by atoms with van der Waals surface area (Å²) in [5, 5.41) is 9.66. The van der Waals surface area contributed by atoms with Gasteiger partial charge in [0, 0.05) is 26.3 Å². The summed E-state index contributed by atoms with van der Waals surface area (Å²) in [5.74, 6) is -0.343. The number of carboxylic acids is 1. The first-order valence-corrected chi connectivity index (χ1v) is 8.28. The summed E-state index contributed by atoms with van der Waals surface area (Å²) < 4.78 is 10.4. The molecule has 1 N–H and O–H groups in total. The Kier molecular flexibility index (Phi) is 6.39. The van der Waals surface area contributed by atoms with Gasteiger partial charge in [0.2, 0.25) is 5.91 Å². The average molecular weight is 350 g/mol. The Balaban J connectivity index is 2.06. The number of carboxylic acid groups (broad SMARTS) is 1. The first kappa shape index (κ1) is 19.2. The second-order valence-electron chi connectivity index (χ2n) is 6.36. The van der Waals surface area contributed by atoms with Crippen LogP contribution in [0.25, 0.3) is 0 Å². The first-order chi connectivity index (χ1) is 11.9. The van der Waals surface area contributed by atoms with Crippen molar-refractivity contribution in [1.82, 2.24) is 9.80 Å². The van der Waals surface area contributed by atoms with Gasteiger partial charge in [0.15, 0.2) is 0 Å². The molecule has 0 aromatic heterocycles. The van der Waals surface area contributed by atoms with Gasteiger partial charge in [0.25, 0.3) is 0 Å². The fourth-order valence-electron chi connectivity index (χ4n) is 3.33. The Hall–Kier alpha value is -2.12. The number of amides is 1. The molecule has 1 heterocycles. The van der Waals surface area contributed by atoms with Crippen LogP contribution >= 0.6 is 0 Å². The summed E-state index contributed by atoms with van der Waals surface area (Å²) in [4.78, 5) is 27.7. The molecule has 2 rings (SSSR count). The molecule has 7 nitrogen and oxygen atoms in total. The summed E-state index contributed by atoms with van der Waals surface area (Å²) in [6, 6.07) is 7.53. The Morgan fingerprint density at radius 3 is 2.68 bits per heavy atom. The van der Waals surface area contributed by atoms with Gasteiger partial charge in [0.1, 0.15) is 11.3 Å². The van der Waals surface area contributed by atoms with Crippen molar-refractivity contribution in [3.05, 3.63) is 29.8 Å². The quantitative estimate of drug-likeness (QED) is 0.759. The highest BCUT2D eigenvalue weighted by Gasteiger charge is 2.48. The van der Waals surface area contributed by atoms with Crippen LogP contribution in [0.3, 0.4) is 0 Å². The second kappa shape index (κ2) is 8.31. The molecule has 138 valence electrons. The number of rotatable bonds is 8. The molecule has 1 amide bonds. The van der Waals surface area contributed by atoms with E-state index in [1.807, 2.05) is 24.3 Å². The number of para-hydroxylation sites is 1. The van der Waals surface area contributed by atoms with Crippen LogP contribution in [-0.2, 0) is 20.9 Å². The molecule has 1 aromatic carbocycles. The minimum atomic E-state index is -1.12. The molecule has 7 heteroatoms. The van der Waals surface area contributed by atoms with Crippen LogP contribution in [0.1, 0.15) is 18.4 Å². The fourth-order valence-corrected chi connectivity index (χ4v) is 3.33. The summed E-state index contributed by atoms with van der Waals surface area (Å²) in [5.41, 5.74) is -0.209. The maximum Gasteiger partial charge on any atom is 0.326 e. The molecule has 1 aromatic rings. The standard InChI is InChI=1S/C18H26N2O5/c1-19(11-14-7-4-5-8-15(14)25-3)16(21)12-20-10-6-9-18(20,13-24-2)17(22)23/h4-5,7-8H,6,9-13H2,1-3H3,(H,22,23). The number of benzene rings is 1. The SMILES string of the molecule is COCC1(C(=O)O)CCCN1CC(=O)N(C)Cc1ccccc1OC. The molecular weight excluding hydrogens is 324 g/mol. The third-order valence-corrected chi connectivity index (χ3v) is 4.76. The number of likely N-dealkylation sites (tertiary alicyclic amines) is 1. The number of likely N-dealkylation sites (N-methyl/N-ethyl adjacent to an activating group) is 1. The molecule has 1 unspecified atom stereocenters. The van der Waals surface area contributed by atoms with Gasteiger partial charge in [-0.15, -0.1) is 0 Å². The predicted molar refractivity (Wildman–Crippen MR) is 92.5 cm³/mol. The molecule has 1 aliphatic rings. The summed E-state index contributed by atoms with van der Waals surface area (Å²) in [6.07, 6.45) is 1.22. The van der Waals surface area contributed by atoms with Crippen molar-refractivity contribution in [2.45, 2.75) is 24.9 Å². The lowest BCUT2D eigenvalue weighted by Crippen LogP contribution is -2.56. The molecule has 1 atom stereocenters. The van der Waals surface area contributed by atoms with Gasteiger partial charge in [-0.3, -0.25) is 14.5 Å². The smallest absolute Gasteiger partial charge is 0.326 e. The third kappa shape index (κ3) is 4.11. The zero-order valence-corrected chi connectivity index (χ0v) is 15.0. The predicted octanol–water partition coefficient (Wildman–Crippen LogP) is 1.22. The Morgan fingerprint density at radius 1 is 1.32 bits per heavy atom. The summed E-state index contributed by atoms with van der Waals surface area (Å²) in [7, 11) is 4.79. The molecule has 0 spiro atoms. The van der Waals surface area contributed by atoms with Crippen LogP contribution in [0.2, 0.25) is 0 Å². The van der Waals surface area contributed by atoms with E-state index in [1.165, 1.54) is 7.11 Å². The van der Waals surface area contributed by atoms with E-state index in [-0.39, 0.29) is 19.1 Å². The number of nitrogens with zero attached hydrogens (tertiary/aromatic N) is 2. The van der Waals surface area contributed by atoms with Gasteiger partial charge in [-0.05, 0) is 25.5 Å². The summed E-state index contributed by atoms with van der Waals surface area (Å²) in [6.45, 7) is 1.11.